The Bertz CT molecular complexity index is 458. The second-order valence-corrected chi connectivity index (χ2v) is 10.3. The summed E-state index contributed by atoms with van der Waals surface area (Å²) in [5.41, 5.74) is 0.437. The number of aliphatic hydroxyl groups is 1. The van der Waals surface area contributed by atoms with Gasteiger partial charge in [0.05, 0.1) is 6.10 Å². The maximum Gasteiger partial charge on any atom is 0.673 e. The molecule has 0 aromatic carbocycles. The van der Waals surface area contributed by atoms with Crippen LogP contribution in [0.5, 0.6) is 0 Å². The van der Waals surface area contributed by atoms with Gasteiger partial charge in [0.25, 0.3) is 0 Å². The summed E-state index contributed by atoms with van der Waals surface area (Å²) in [7, 11) is -6.00. The standard InChI is InChI=1S/C21H37O2.BF4/c1-20(2,3)16-13-18(23-19(14-16)21(4,5)6)12-9-15-7-10-17(22)11-8-15;2-1(3,4)5/h9,12,15-18,22H,7-8,10-11,13-14H2,1-6H3;/q+1;-1/b12-9+;. The number of rotatable bonds is 2. The van der Waals surface area contributed by atoms with E-state index in [1.807, 2.05) is 0 Å². The van der Waals surface area contributed by atoms with E-state index in [1.165, 1.54) is 6.10 Å². The molecular weight excluding hydrogens is 371 g/mol. The van der Waals surface area contributed by atoms with E-state index in [0.717, 1.165) is 38.5 Å². The van der Waals surface area contributed by atoms with Gasteiger partial charge in [0.15, 0.2) is 0 Å². The van der Waals surface area contributed by atoms with Crippen LogP contribution in [0, 0.1) is 28.8 Å². The van der Waals surface area contributed by atoms with Crippen molar-refractivity contribution < 1.29 is 27.1 Å². The molecule has 0 spiro atoms. The Balaban J connectivity index is 0.000000696. The lowest BCUT2D eigenvalue weighted by Crippen LogP contribution is -2.38. The molecular formula is C21H37BF4O2. The smallest absolute Gasteiger partial charge is 0.418 e. The molecule has 0 amide bonds. The van der Waals surface area contributed by atoms with Crippen molar-refractivity contribution in [2.75, 3.05) is 0 Å². The van der Waals surface area contributed by atoms with Crippen molar-refractivity contribution in [3.05, 3.63) is 18.3 Å². The zero-order valence-electron chi connectivity index (χ0n) is 18.2. The monoisotopic (exact) mass is 408 g/mol. The van der Waals surface area contributed by atoms with Crippen LogP contribution in [0.3, 0.4) is 0 Å². The molecule has 7 heteroatoms. The Morgan fingerprint density at radius 3 is 1.86 bits per heavy atom. The first-order chi connectivity index (χ1) is 12.6. The molecule has 2 aliphatic rings. The molecule has 164 valence electrons. The SMILES string of the molecule is CC(C)(C)[C+]1CC(C(C)(C)C)CC(/C=C/C2CCC(O)CC2)O1.F[B-](F)(F)F. The fraction of sp³-hybridized carbons (Fsp3) is 0.857. The molecule has 1 saturated heterocycles. The molecule has 1 aliphatic heterocycles. The molecule has 1 heterocycles. The minimum absolute atomic E-state index is 0.0725. The highest BCUT2D eigenvalue weighted by atomic mass is 19.5. The average Bonchev–Trinajstić information content (AvgIpc) is 2.51. The van der Waals surface area contributed by atoms with Crippen molar-refractivity contribution in [3.8, 4) is 0 Å². The second kappa shape index (κ2) is 9.88. The molecule has 1 N–H and O–H groups in total. The highest BCUT2D eigenvalue weighted by molar-refractivity contribution is 6.50. The fourth-order valence-corrected chi connectivity index (χ4v) is 3.70. The van der Waals surface area contributed by atoms with Gasteiger partial charge in [-0.1, -0.05) is 32.9 Å². The Morgan fingerprint density at radius 2 is 1.43 bits per heavy atom. The summed E-state index contributed by atoms with van der Waals surface area (Å²) in [5.74, 6) is 1.29. The first-order valence-corrected chi connectivity index (χ1v) is 10.3. The van der Waals surface area contributed by atoms with Crippen LogP contribution in [0.4, 0.5) is 17.3 Å². The van der Waals surface area contributed by atoms with Gasteiger partial charge in [-0.2, -0.15) is 4.74 Å². The van der Waals surface area contributed by atoms with Gasteiger partial charge in [-0.15, -0.1) is 0 Å². The zero-order valence-corrected chi connectivity index (χ0v) is 18.2. The summed E-state index contributed by atoms with van der Waals surface area (Å²) in [6.07, 6.45) is 12.4. The van der Waals surface area contributed by atoms with Crippen LogP contribution < -0.4 is 0 Å². The van der Waals surface area contributed by atoms with Crippen molar-refractivity contribution in [2.24, 2.45) is 22.7 Å². The molecule has 0 aromatic heterocycles. The first kappa shape index (κ1) is 25.4. The van der Waals surface area contributed by atoms with Gasteiger partial charge in [-0.25, -0.2) is 0 Å². The summed E-state index contributed by atoms with van der Waals surface area (Å²) in [6, 6.07) is 0. The maximum atomic E-state index is 9.75. The van der Waals surface area contributed by atoms with Gasteiger partial charge in [0, 0.05) is 5.92 Å². The molecule has 0 bridgehead atoms. The number of allylic oxidation sites excluding steroid dienone is 1. The van der Waals surface area contributed by atoms with E-state index in [1.54, 1.807) is 0 Å². The molecule has 2 fully saturated rings. The van der Waals surface area contributed by atoms with E-state index in [2.05, 4.69) is 53.7 Å². The van der Waals surface area contributed by atoms with E-state index in [-0.39, 0.29) is 17.6 Å². The van der Waals surface area contributed by atoms with Crippen molar-refractivity contribution in [2.45, 2.75) is 92.3 Å². The molecule has 2 rings (SSSR count). The largest absolute Gasteiger partial charge is 0.673 e. The van der Waals surface area contributed by atoms with Crippen molar-refractivity contribution in [3.63, 3.8) is 0 Å². The summed E-state index contributed by atoms with van der Waals surface area (Å²) in [6.45, 7) is 13.8. The van der Waals surface area contributed by atoms with E-state index in [0.29, 0.717) is 17.3 Å². The van der Waals surface area contributed by atoms with Gasteiger partial charge >= 0.3 is 7.25 Å². The highest BCUT2D eigenvalue weighted by Crippen LogP contribution is 2.46. The van der Waals surface area contributed by atoms with Crippen molar-refractivity contribution in [1.82, 2.24) is 0 Å². The third kappa shape index (κ3) is 10.2. The van der Waals surface area contributed by atoms with E-state index < -0.39 is 7.25 Å². The van der Waals surface area contributed by atoms with E-state index >= 15 is 0 Å². The number of hydrogen-bond acceptors (Lipinski definition) is 2. The van der Waals surface area contributed by atoms with Crippen LogP contribution in [-0.2, 0) is 4.74 Å². The minimum atomic E-state index is -6.00. The molecule has 2 unspecified atom stereocenters. The Labute approximate surface area is 168 Å². The Hall–Kier alpha value is -0.685. The maximum absolute atomic E-state index is 9.75. The predicted molar refractivity (Wildman–Crippen MR) is 107 cm³/mol. The molecule has 28 heavy (non-hydrogen) atoms. The van der Waals surface area contributed by atoms with Crippen LogP contribution in [0.1, 0.15) is 80.1 Å². The van der Waals surface area contributed by atoms with Gasteiger partial charge in [0.1, 0.15) is 17.9 Å². The van der Waals surface area contributed by atoms with Crippen LogP contribution in [0.25, 0.3) is 0 Å². The topological polar surface area (TPSA) is 29.5 Å². The molecule has 1 saturated carbocycles. The number of halogens is 4. The Morgan fingerprint density at radius 1 is 0.929 bits per heavy atom. The molecule has 0 radical (unpaired) electrons. The van der Waals surface area contributed by atoms with Gasteiger partial charge in [-0.3, -0.25) is 0 Å². The van der Waals surface area contributed by atoms with Gasteiger partial charge in [-0.05, 0) is 64.2 Å². The second-order valence-electron chi connectivity index (χ2n) is 10.3. The molecule has 2 atom stereocenters. The number of aliphatic hydroxyl groups excluding tert-OH is 1. The summed E-state index contributed by atoms with van der Waals surface area (Å²) in [4.78, 5) is 0. The third-order valence-electron chi connectivity index (χ3n) is 5.64. The lowest BCUT2D eigenvalue weighted by molar-refractivity contribution is -0.0430. The molecule has 0 aromatic rings. The van der Waals surface area contributed by atoms with Crippen molar-refractivity contribution >= 4 is 7.25 Å². The van der Waals surface area contributed by atoms with Crippen LogP contribution in [-0.4, -0.2) is 24.6 Å². The summed E-state index contributed by atoms with van der Waals surface area (Å²) < 4.78 is 45.4. The number of ether oxygens (including phenoxy) is 1. The highest BCUT2D eigenvalue weighted by Gasteiger charge is 2.49. The van der Waals surface area contributed by atoms with Crippen LogP contribution >= 0.6 is 0 Å². The normalized spacial score (nSPS) is 30.2. The molecule has 2 nitrogen and oxygen atoms in total. The first-order valence-electron chi connectivity index (χ1n) is 10.3. The average molecular weight is 408 g/mol. The lowest BCUT2D eigenvalue weighted by Gasteiger charge is -2.37. The summed E-state index contributed by atoms with van der Waals surface area (Å²) in [5, 5.41) is 9.64. The van der Waals surface area contributed by atoms with Gasteiger partial charge in [0.2, 0.25) is 6.10 Å². The Kier molecular flexibility index (Phi) is 8.95. The van der Waals surface area contributed by atoms with Gasteiger partial charge < -0.3 is 22.4 Å². The van der Waals surface area contributed by atoms with Crippen molar-refractivity contribution in [1.29, 1.82) is 0 Å². The molecule has 1 aliphatic carbocycles. The zero-order chi connectivity index (χ0) is 21.8. The predicted octanol–water partition coefficient (Wildman–Crippen LogP) is 6.81. The quantitative estimate of drug-likeness (QED) is 0.235. The fourth-order valence-electron chi connectivity index (χ4n) is 3.70. The minimum Gasteiger partial charge on any atom is -0.418 e. The van der Waals surface area contributed by atoms with Crippen LogP contribution in [0.2, 0.25) is 0 Å². The van der Waals surface area contributed by atoms with E-state index in [4.69, 9.17) is 4.74 Å². The lowest BCUT2D eigenvalue weighted by atomic mass is 9.69. The number of hydrogen-bond donors (Lipinski definition) is 1. The van der Waals surface area contributed by atoms with Crippen LogP contribution in [0.15, 0.2) is 12.2 Å². The summed E-state index contributed by atoms with van der Waals surface area (Å²) >= 11 is 0. The van der Waals surface area contributed by atoms with E-state index in [9.17, 15) is 22.4 Å². The third-order valence-corrected chi connectivity index (χ3v) is 5.64.